The normalized spacial score (nSPS) is 41.8. The molecule has 0 aromatic carbocycles. The van der Waals surface area contributed by atoms with Crippen LogP contribution in [0.2, 0.25) is 0 Å². The zero-order valence-electron chi connectivity index (χ0n) is 15.5. The number of fused-ring (bicyclic) bond motifs is 1. The van der Waals surface area contributed by atoms with Crippen molar-refractivity contribution in [3.63, 3.8) is 0 Å². The molecule has 0 saturated heterocycles. The number of aliphatic hydroxyl groups excluding tert-OH is 1. The molecule has 2 heteroatoms. The van der Waals surface area contributed by atoms with E-state index in [2.05, 4.69) is 39.5 Å². The average Bonchev–Trinajstić information content (AvgIpc) is 2.55. The maximum Gasteiger partial charge on any atom is 0.161 e. The molecule has 0 amide bonds. The monoisotopic (exact) mass is 328 g/mol. The number of rotatable bonds is 2. The summed E-state index contributed by atoms with van der Waals surface area (Å²) in [6, 6.07) is 0. The van der Waals surface area contributed by atoms with Crippen LogP contribution in [0.3, 0.4) is 0 Å². The van der Waals surface area contributed by atoms with E-state index in [1.54, 1.807) is 0 Å². The summed E-state index contributed by atoms with van der Waals surface area (Å²) in [5.41, 5.74) is 3.38. The highest BCUT2D eigenvalue weighted by Crippen LogP contribution is 2.53. The van der Waals surface area contributed by atoms with E-state index in [0.29, 0.717) is 17.6 Å². The summed E-state index contributed by atoms with van der Waals surface area (Å²) in [4.78, 5) is 12.9. The Hall–Kier alpha value is -1.15. The fraction of sp³-hybridized carbons (Fsp3) is 0.682. The van der Waals surface area contributed by atoms with Gasteiger partial charge in [0.05, 0.1) is 6.10 Å². The topological polar surface area (TPSA) is 37.3 Å². The van der Waals surface area contributed by atoms with Crippen LogP contribution in [0.25, 0.3) is 0 Å². The molecule has 0 bridgehead atoms. The third kappa shape index (κ3) is 3.06. The van der Waals surface area contributed by atoms with Crippen LogP contribution in [0.15, 0.2) is 35.5 Å². The van der Waals surface area contributed by atoms with Gasteiger partial charge in [-0.25, -0.2) is 0 Å². The Bertz CT molecular complexity index is 597. The molecule has 2 fully saturated rings. The molecule has 2 unspecified atom stereocenters. The molecule has 0 aliphatic heterocycles. The van der Waals surface area contributed by atoms with Crippen molar-refractivity contribution < 1.29 is 9.90 Å². The second-order valence-electron chi connectivity index (χ2n) is 8.65. The second kappa shape index (κ2) is 6.63. The van der Waals surface area contributed by atoms with Gasteiger partial charge in [-0.15, -0.1) is 0 Å². The largest absolute Gasteiger partial charge is 0.393 e. The van der Waals surface area contributed by atoms with Crippen molar-refractivity contribution >= 4 is 5.78 Å². The number of hydrogen-bond donors (Lipinski definition) is 1. The van der Waals surface area contributed by atoms with Crippen molar-refractivity contribution in [3.05, 3.63) is 35.5 Å². The average molecular weight is 328 g/mol. The first-order chi connectivity index (χ1) is 11.3. The Morgan fingerprint density at radius 2 is 2.12 bits per heavy atom. The standard InChI is InChI=1S/C22H32O2/c1-14(2)17-10-8-16(9-11-17)12-18-13-22(4)19(15(3)21(18)24)6-5-7-20(22)23/h8,12,15,17,19-20,23H,1,5-7,9-11,13H2,2-4H3/t15?,17-,19?,20+,22+/m1/s1. The van der Waals surface area contributed by atoms with Crippen LogP contribution < -0.4 is 0 Å². The van der Waals surface area contributed by atoms with Gasteiger partial charge < -0.3 is 5.11 Å². The first-order valence-corrected chi connectivity index (χ1v) is 9.60. The zero-order chi connectivity index (χ0) is 17.5. The minimum absolute atomic E-state index is 0.0392. The van der Waals surface area contributed by atoms with Crippen LogP contribution in [-0.4, -0.2) is 17.0 Å². The highest BCUT2D eigenvalue weighted by molar-refractivity contribution is 5.98. The summed E-state index contributed by atoms with van der Waals surface area (Å²) in [6.45, 7) is 10.5. The van der Waals surface area contributed by atoms with E-state index >= 15 is 0 Å². The highest BCUT2D eigenvalue weighted by Gasteiger charge is 2.51. The molecule has 3 aliphatic rings. The Kier molecular flexibility index (Phi) is 4.88. The first kappa shape index (κ1) is 17.7. The molecule has 5 atom stereocenters. The summed E-state index contributed by atoms with van der Waals surface area (Å²) in [6.07, 6.45) is 11.1. The van der Waals surface area contributed by atoms with Crippen molar-refractivity contribution in [2.45, 2.75) is 71.8 Å². The van der Waals surface area contributed by atoms with Gasteiger partial charge >= 0.3 is 0 Å². The van der Waals surface area contributed by atoms with Gasteiger partial charge in [0.1, 0.15) is 0 Å². The number of carbonyl (C=O) groups is 1. The third-order valence-corrected chi connectivity index (χ3v) is 7.01. The van der Waals surface area contributed by atoms with Crippen molar-refractivity contribution in [2.75, 3.05) is 0 Å². The van der Waals surface area contributed by atoms with Crippen molar-refractivity contribution in [2.24, 2.45) is 23.2 Å². The van der Waals surface area contributed by atoms with Gasteiger partial charge in [-0.2, -0.15) is 0 Å². The van der Waals surface area contributed by atoms with Gasteiger partial charge in [-0.1, -0.05) is 50.1 Å². The van der Waals surface area contributed by atoms with Crippen LogP contribution in [0.5, 0.6) is 0 Å². The number of carbonyl (C=O) groups excluding carboxylic acids is 1. The number of allylic oxidation sites excluding steroid dienone is 5. The van der Waals surface area contributed by atoms with Crippen molar-refractivity contribution in [1.29, 1.82) is 0 Å². The molecule has 2 nitrogen and oxygen atoms in total. The predicted molar refractivity (Wildman–Crippen MR) is 98.6 cm³/mol. The summed E-state index contributed by atoms with van der Waals surface area (Å²) < 4.78 is 0. The lowest BCUT2D eigenvalue weighted by molar-refractivity contribution is -0.133. The lowest BCUT2D eigenvalue weighted by atomic mass is 9.54. The highest BCUT2D eigenvalue weighted by atomic mass is 16.3. The number of aliphatic hydroxyl groups is 1. The lowest BCUT2D eigenvalue weighted by Gasteiger charge is -2.51. The molecule has 0 radical (unpaired) electrons. The van der Waals surface area contributed by atoms with Crippen LogP contribution >= 0.6 is 0 Å². The van der Waals surface area contributed by atoms with Crippen LogP contribution in [0, 0.1) is 23.2 Å². The summed E-state index contributed by atoms with van der Waals surface area (Å²) in [5, 5.41) is 10.6. The van der Waals surface area contributed by atoms with Gasteiger partial charge in [0.2, 0.25) is 0 Å². The Balaban J connectivity index is 1.83. The van der Waals surface area contributed by atoms with E-state index in [0.717, 1.165) is 50.5 Å². The van der Waals surface area contributed by atoms with Gasteiger partial charge in [0.15, 0.2) is 5.78 Å². The molecule has 0 heterocycles. The fourth-order valence-corrected chi connectivity index (χ4v) is 5.26. The molecular weight excluding hydrogens is 296 g/mol. The molecule has 0 aromatic rings. The summed E-state index contributed by atoms with van der Waals surface area (Å²) >= 11 is 0. The quantitative estimate of drug-likeness (QED) is 0.572. The maximum absolute atomic E-state index is 12.9. The molecule has 3 aliphatic carbocycles. The van der Waals surface area contributed by atoms with E-state index in [1.807, 2.05) is 0 Å². The Morgan fingerprint density at radius 3 is 2.75 bits per heavy atom. The molecule has 3 rings (SSSR count). The van der Waals surface area contributed by atoms with Gasteiger partial charge in [-0.05, 0) is 62.9 Å². The third-order valence-electron chi connectivity index (χ3n) is 7.01. The summed E-state index contributed by atoms with van der Waals surface area (Å²) in [7, 11) is 0. The van der Waals surface area contributed by atoms with Gasteiger partial charge in [-0.3, -0.25) is 4.79 Å². The number of Topliss-reactive ketones (excluding diaryl/α,β-unsaturated/α-hetero) is 1. The smallest absolute Gasteiger partial charge is 0.161 e. The molecule has 132 valence electrons. The van der Waals surface area contributed by atoms with Crippen LogP contribution in [0.1, 0.15) is 65.7 Å². The minimum Gasteiger partial charge on any atom is -0.393 e. The fourth-order valence-electron chi connectivity index (χ4n) is 5.26. The van der Waals surface area contributed by atoms with Crippen LogP contribution in [0.4, 0.5) is 0 Å². The Labute approximate surface area is 146 Å². The van der Waals surface area contributed by atoms with E-state index in [1.165, 1.54) is 11.1 Å². The zero-order valence-corrected chi connectivity index (χ0v) is 15.5. The minimum atomic E-state index is -0.275. The second-order valence-corrected chi connectivity index (χ2v) is 8.65. The molecule has 0 spiro atoms. The van der Waals surface area contributed by atoms with E-state index in [4.69, 9.17) is 0 Å². The number of ketones is 1. The molecule has 2 saturated carbocycles. The Morgan fingerprint density at radius 1 is 1.38 bits per heavy atom. The van der Waals surface area contributed by atoms with Crippen LogP contribution in [-0.2, 0) is 4.79 Å². The molecule has 24 heavy (non-hydrogen) atoms. The molecule has 1 N–H and O–H groups in total. The number of hydrogen-bond acceptors (Lipinski definition) is 2. The summed E-state index contributed by atoms with van der Waals surface area (Å²) in [5.74, 6) is 1.28. The first-order valence-electron chi connectivity index (χ1n) is 9.60. The predicted octanol–water partition coefficient (Wildman–Crippen LogP) is 4.99. The van der Waals surface area contributed by atoms with Gasteiger partial charge in [0, 0.05) is 11.3 Å². The van der Waals surface area contributed by atoms with E-state index in [-0.39, 0.29) is 17.4 Å². The SMILES string of the molecule is C=C(C)[C@@H]1CC=C(C=C2C[C@@]3(C)C(CCC[C@@H]3O)C(C)C2=O)CC1. The van der Waals surface area contributed by atoms with Crippen molar-refractivity contribution in [3.8, 4) is 0 Å². The lowest BCUT2D eigenvalue weighted by Crippen LogP contribution is -2.51. The maximum atomic E-state index is 12.9. The van der Waals surface area contributed by atoms with Crippen molar-refractivity contribution in [1.82, 2.24) is 0 Å². The van der Waals surface area contributed by atoms with E-state index in [9.17, 15) is 9.90 Å². The molecule has 0 aromatic heterocycles. The van der Waals surface area contributed by atoms with Gasteiger partial charge in [0.25, 0.3) is 0 Å². The van der Waals surface area contributed by atoms with E-state index < -0.39 is 0 Å². The molecular formula is C22H32O2.